The monoisotopic (exact) mass is 371 g/mol. The molecule has 2 saturated carbocycles. The number of nitrogens with zero attached hydrogens (tertiary/aromatic N) is 1. The highest BCUT2D eigenvalue weighted by atomic mass is 16.2. The molecule has 3 rings (SSSR count). The summed E-state index contributed by atoms with van der Waals surface area (Å²) >= 11 is 0. The van der Waals surface area contributed by atoms with Crippen LogP contribution in [-0.2, 0) is 16.1 Å². The lowest BCUT2D eigenvalue weighted by Crippen LogP contribution is -2.53. The molecule has 3 N–H and O–H groups in total. The van der Waals surface area contributed by atoms with Crippen molar-refractivity contribution in [1.29, 1.82) is 0 Å². The third-order valence-electron chi connectivity index (χ3n) is 6.05. The van der Waals surface area contributed by atoms with Crippen molar-refractivity contribution in [3.05, 3.63) is 29.8 Å². The van der Waals surface area contributed by atoms with E-state index < -0.39 is 0 Å². The van der Waals surface area contributed by atoms with Crippen LogP contribution in [0, 0.1) is 5.92 Å². The van der Waals surface area contributed by atoms with Gasteiger partial charge in [0.25, 0.3) is 0 Å². The first-order valence-corrected chi connectivity index (χ1v) is 10.5. The van der Waals surface area contributed by atoms with Gasteiger partial charge in [0.15, 0.2) is 0 Å². The van der Waals surface area contributed by atoms with Crippen molar-refractivity contribution in [2.45, 2.75) is 83.3 Å². The van der Waals surface area contributed by atoms with Crippen LogP contribution in [0.15, 0.2) is 24.3 Å². The Balaban J connectivity index is 1.76. The zero-order valence-electron chi connectivity index (χ0n) is 16.5. The molecule has 148 valence electrons. The summed E-state index contributed by atoms with van der Waals surface area (Å²) in [4.78, 5) is 26.7. The quantitative estimate of drug-likeness (QED) is 0.826. The van der Waals surface area contributed by atoms with Crippen molar-refractivity contribution < 1.29 is 9.59 Å². The van der Waals surface area contributed by atoms with Crippen molar-refractivity contribution >= 4 is 17.5 Å². The summed E-state index contributed by atoms with van der Waals surface area (Å²) in [5, 5.41) is 2.79. The molecule has 0 bridgehead atoms. The molecular weight excluding hydrogens is 338 g/mol. The highest BCUT2D eigenvalue weighted by Crippen LogP contribution is 2.30. The van der Waals surface area contributed by atoms with Crippen molar-refractivity contribution in [1.82, 2.24) is 4.90 Å². The highest BCUT2D eigenvalue weighted by Gasteiger charge is 2.34. The molecule has 1 aromatic rings. The Morgan fingerprint density at radius 2 is 1.63 bits per heavy atom. The summed E-state index contributed by atoms with van der Waals surface area (Å²) in [6.07, 6.45) is 9.90. The molecule has 0 aliphatic heterocycles. The molecule has 2 amide bonds. The lowest BCUT2D eigenvalue weighted by Gasteiger charge is -2.40. The Morgan fingerprint density at radius 1 is 1.00 bits per heavy atom. The molecule has 27 heavy (non-hydrogen) atoms. The number of hydrogen-bond donors (Lipinski definition) is 2. The van der Waals surface area contributed by atoms with Crippen molar-refractivity contribution in [3.8, 4) is 0 Å². The molecule has 5 heteroatoms. The van der Waals surface area contributed by atoms with Crippen LogP contribution < -0.4 is 11.1 Å². The fraction of sp³-hybridized carbons (Fsp3) is 0.636. The fourth-order valence-corrected chi connectivity index (χ4v) is 4.56. The van der Waals surface area contributed by atoms with Gasteiger partial charge in [-0.05, 0) is 43.4 Å². The van der Waals surface area contributed by atoms with Gasteiger partial charge in [0, 0.05) is 37.2 Å². The van der Waals surface area contributed by atoms with E-state index in [9.17, 15) is 9.59 Å². The first-order valence-electron chi connectivity index (χ1n) is 10.5. The van der Waals surface area contributed by atoms with Crippen LogP contribution in [-0.4, -0.2) is 28.8 Å². The Labute approximate surface area is 162 Å². The maximum Gasteiger partial charge on any atom is 0.226 e. The number of hydrogen-bond acceptors (Lipinski definition) is 3. The van der Waals surface area contributed by atoms with Gasteiger partial charge in [-0.3, -0.25) is 9.59 Å². The van der Waals surface area contributed by atoms with Crippen molar-refractivity contribution in [2.75, 3.05) is 5.32 Å². The smallest absolute Gasteiger partial charge is 0.226 e. The number of carbonyl (C=O) groups excluding carboxylic acids is 2. The topological polar surface area (TPSA) is 75.4 Å². The van der Waals surface area contributed by atoms with Gasteiger partial charge < -0.3 is 16.0 Å². The van der Waals surface area contributed by atoms with Crippen LogP contribution in [0.25, 0.3) is 0 Å². The zero-order valence-corrected chi connectivity index (χ0v) is 16.5. The number of nitrogens with two attached hydrogens (primary N) is 1. The number of benzene rings is 1. The lowest BCUT2D eigenvalue weighted by atomic mass is 9.85. The van der Waals surface area contributed by atoms with Crippen LogP contribution >= 0.6 is 0 Å². The first kappa shape index (κ1) is 19.9. The van der Waals surface area contributed by atoms with Gasteiger partial charge in [-0.15, -0.1) is 0 Å². The van der Waals surface area contributed by atoms with E-state index in [1.54, 1.807) is 0 Å². The first-order chi connectivity index (χ1) is 13.0. The van der Waals surface area contributed by atoms with E-state index in [0.717, 1.165) is 62.6 Å². The predicted molar refractivity (Wildman–Crippen MR) is 108 cm³/mol. The second-order valence-corrected chi connectivity index (χ2v) is 8.19. The van der Waals surface area contributed by atoms with Gasteiger partial charge >= 0.3 is 0 Å². The minimum absolute atomic E-state index is 0.0740. The number of nitrogens with one attached hydrogen (secondary N) is 1. The van der Waals surface area contributed by atoms with E-state index in [-0.39, 0.29) is 23.9 Å². The zero-order chi connectivity index (χ0) is 19.2. The molecule has 0 radical (unpaired) electrons. The van der Waals surface area contributed by atoms with E-state index in [4.69, 9.17) is 5.73 Å². The van der Waals surface area contributed by atoms with Crippen LogP contribution in [0.1, 0.15) is 70.3 Å². The second-order valence-electron chi connectivity index (χ2n) is 8.19. The Bertz CT molecular complexity index is 637. The Kier molecular flexibility index (Phi) is 6.89. The van der Waals surface area contributed by atoms with Gasteiger partial charge in [-0.2, -0.15) is 0 Å². The standard InChI is InChI=1S/C22H33N3O2/c1-16(26)24-19-13-11-17(12-14-19)15-25(21-10-6-5-9-20(21)23)22(27)18-7-3-2-4-8-18/h11-14,18,20-21H,2-10,15,23H2,1H3,(H,24,26). The molecule has 0 spiro atoms. The molecule has 2 aliphatic carbocycles. The number of carbonyl (C=O) groups is 2. The highest BCUT2D eigenvalue weighted by molar-refractivity contribution is 5.88. The maximum atomic E-state index is 13.4. The van der Waals surface area contributed by atoms with Gasteiger partial charge in [-0.1, -0.05) is 44.2 Å². The van der Waals surface area contributed by atoms with E-state index in [1.165, 1.54) is 13.3 Å². The second kappa shape index (κ2) is 9.36. The number of amides is 2. The molecule has 0 aromatic heterocycles. The van der Waals surface area contributed by atoms with Crippen LogP contribution in [0.4, 0.5) is 5.69 Å². The average molecular weight is 372 g/mol. The maximum absolute atomic E-state index is 13.4. The third-order valence-corrected chi connectivity index (χ3v) is 6.05. The molecule has 2 aliphatic rings. The van der Waals surface area contributed by atoms with Crippen molar-refractivity contribution in [3.63, 3.8) is 0 Å². The molecular formula is C22H33N3O2. The molecule has 1 aromatic carbocycles. The molecule has 2 unspecified atom stereocenters. The normalized spacial score (nSPS) is 23.6. The lowest BCUT2D eigenvalue weighted by molar-refractivity contribution is -0.141. The van der Waals surface area contributed by atoms with Crippen LogP contribution in [0.3, 0.4) is 0 Å². The predicted octanol–water partition coefficient (Wildman–Crippen LogP) is 3.82. The van der Waals surface area contributed by atoms with E-state index in [2.05, 4.69) is 10.2 Å². The Morgan fingerprint density at radius 3 is 2.26 bits per heavy atom. The number of anilines is 1. The van der Waals surface area contributed by atoms with Gasteiger partial charge in [0.05, 0.1) is 0 Å². The molecule has 5 nitrogen and oxygen atoms in total. The van der Waals surface area contributed by atoms with E-state index in [1.807, 2.05) is 24.3 Å². The summed E-state index contributed by atoms with van der Waals surface area (Å²) in [6, 6.07) is 8.02. The van der Waals surface area contributed by atoms with E-state index in [0.29, 0.717) is 12.5 Å². The summed E-state index contributed by atoms with van der Waals surface area (Å²) in [7, 11) is 0. The number of rotatable bonds is 5. The van der Waals surface area contributed by atoms with Crippen LogP contribution in [0.5, 0.6) is 0 Å². The van der Waals surface area contributed by atoms with Crippen molar-refractivity contribution in [2.24, 2.45) is 11.7 Å². The molecule has 0 heterocycles. The minimum Gasteiger partial charge on any atom is -0.334 e. The van der Waals surface area contributed by atoms with Gasteiger partial charge in [0.2, 0.25) is 11.8 Å². The average Bonchev–Trinajstić information content (AvgIpc) is 2.68. The summed E-state index contributed by atoms with van der Waals surface area (Å²) in [6.45, 7) is 2.11. The molecule has 0 saturated heterocycles. The summed E-state index contributed by atoms with van der Waals surface area (Å²) in [5.74, 6) is 0.375. The van der Waals surface area contributed by atoms with Crippen LogP contribution in [0.2, 0.25) is 0 Å². The molecule has 2 atom stereocenters. The third kappa shape index (κ3) is 5.32. The van der Waals surface area contributed by atoms with Gasteiger partial charge in [0.1, 0.15) is 0 Å². The Hall–Kier alpha value is -1.88. The molecule has 2 fully saturated rings. The summed E-state index contributed by atoms with van der Waals surface area (Å²) in [5.41, 5.74) is 8.31. The minimum atomic E-state index is -0.0787. The summed E-state index contributed by atoms with van der Waals surface area (Å²) < 4.78 is 0. The SMILES string of the molecule is CC(=O)Nc1ccc(CN(C(=O)C2CCCCC2)C2CCCCC2N)cc1. The van der Waals surface area contributed by atoms with E-state index >= 15 is 0 Å². The fourth-order valence-electron chi connectivity index (χ4n) is 4.56. The largest absolute Gasteiger partial charge is 0.334 e. The van der Waals surface area contributed by atoms with Gasteiger partial charge in [-0.25, -0.2) is 0 Å².